The minimum Gasteiger partial charge on any atom is -0.313 e. The van der Waals surface area contributed by atoms with Crippen LogP contribution in [0.5, 0.6) is 0 Å². The molecule has 5 nitrogen and oxygen atoms in total. The van der Waals surface area contributed by atoms with E-state index in [2.05, 4.69) is 10.5 Å². The van der Waals surface area contributed by atoms with E-state index in [1.807, 2.05) is 0 Å². The normalized spacial score (nSPS) is 15.2. The van der Waals surface area contributed by atoms with Gasteiger partial charge in [0.05, 0.1) is 23.4 Å². The number of amides is 2. The Labute approximate surface area is 99.1 Å². The molecule has 0 spiro atoms. The molecule has 0 fully saturated rings. The number of hydrogen-bond acceptors (Lipinski definition) is 4. The first-order chi connectivity index (χ1) is 8.15. The zero-order chi connectivity index (χ0) is 12.4. The quantitative estimate of drug-likeness (QED) is 0.477. The van der Waals surface area contributed by atoms with E-state index >= 15 is 0 Å². The van der Waals surface area contributed by atoms with Crippen LogP contribution in [0.3, 0.4) is 0 Å². The van der Waals surface area contributed by atoms with Crippen LogP contribution >= 0.6 is 0 Å². The average molecular weight is 231 g/mol. The lowest BCUT2D eigenvalue weighted by Gasteiger charge is -2.12. The Balaban J connectivity index is 2.28. The third-order valence-corrected chi connectivity index (χ3v) is 2.57. The number of nitrogens with one attached hydrogen (secondary N) is 1. The Kier molecular flexibility index (Phi) is 2.91. The molecule has 2 amide bonds. The summed E-state index contributed by atoms with van der Waals surface area (Å²) < 4.78 is 0. The van der Waals surface area contributed by atoms with Crippen LogP contribution in [0.25, 0.3) is 0 Å². The van der Waals surface area contributed by atoms with E-state index in [-0.39, 0.29) is 18.4 Å². The first-order valence-corrected chi connectivity index (χ1v) is 5.30. The standard InChI is InChI=1S/C12H13N3O2/c1-8(14-13-2)7-15-11(16)9-5-3-4-6-10(9)12(15)17/h3-6,13H,7H2,1-2H3/b14-8+. The van der Waals surface area contributed by atoms with Crippen LogP contribution in [-0.4, -0.2) is 36.0 Å². The van der Waals surface area contributed by atoms with E-state index in [1.54, 1.807) is 38.2 Å². The second kappa shape index (κ2) is 4.37. The number of nitrogens with zero attached hydrogens (tertiary/aromatic N) is 2. The lowest BCUT2D eigenvalue weighted by molar-refractivity contribution is 0.0677. The zero-order valence-electron chi connectivity index (χ0n) is 9.73. The summed E-state index contributed by atoms with van der Waals surface area (Å²) in [5.74, 6) is -0.507. The van der Waals surface area contributed by atoms with Crippen LogP contribution in [0.1, 0.15) is 27.6 Å². The number of carbonyl (C=O) groups is 2. The fraction of sp³-hybridized carbons (Fsp3) is 0.250. The molecule has 1 aromatic rings. The number of rotatable bonds is 3. The van der Waals surface area contributed by atoms with Crippen molar-refractivity contribution in [2.24, 2.45) is 5.10 Å². The van der Waals surface area contributed by atoms with Gasteiger partial charge in [0, 0.05) is 7.05 Å². The molecule has 0 unspecified atom stereocenters. The van der Waals surface area contributed by atoms with Gasteiger partial charge in [0.2, 0.25) is 0 Å². The lowest BCUT2D eigenvalue weighted by Crippen LogP contribution is -2.34. The number of carbonyl (C=O) groups excluding carboxylic acids is 2. The van der Waals surface area contributed by atoms with Gasteiger partial charge < -0.3 is 5.43 Å². The second-order valence-corrected chi connectivity index (χ2v) is 3.81. The maximum atomic E-state index is 12.0. The van der Waals surface area contributed by atoms with Gasteiger partial charge in [-0.05, 0) is 19.1 Å². The number of hydrogen-bond donors (Lipinski definition) is 1. The molecule has 0 atom stereocenters. The first kappa shape index (κ1) is 11.3. The summed E-state index contributed by atoms with van der Waals surface area (Å²) in [6.07, 6.45) is 0. The minimum atomic E-state index is -0.253. The molecule has 0 aromatic heterocycles. The summed E-state index contributed by atoms with van der Waals surface area (Å²) in [5, 5.41) is 3.94. The van der Waals surface area contributed by atoms with Crippen LogP contribution in [0, 0.1) is 0 Å². The Bertz CT molecular complexity index is 473. The predicted molar refractivity (Wildman–Crippen MR) is 64.0 cm³/mol. The van der Waals surface area contributed by atoms with Crippen molar-refractivity contribution in [3.05, 3.63) is 35.4 Å². The molecule has 0 saturated heterocycles. The summed E-state index contributed by atoms with van der Waals surface area (Å²) in [6, 6.07) is 6.84. The molecule has 1 heterocycles. The second-order valence-electron chi connectivity index (χ2n) is 3.81. The van der Waals surface area contributed by atoms with Crippen molar-refractivity contribution < 1.29 is 9.59 Å². The van der Waals surface area contributed by atoms with Gasteiger partial charge in [0.1, 0.15) is 0 Å². The molecule has 88 valence electrons. The van der Waals surface area contributed by atoms with Crippen molar-refractivity contribution in [2.75, 3.05) is 13.6 Å². The summed E-state index contributed by atoms with van der Waals surface area (Å²) in [5.41, 5.74) is 4.25. The third kappa shape index (κ3) is 1.91. The largest absolute Gasteiger partial charge is 0.313 e. The number of imide groups is 1. The van der Waals surface area contributed by atoms with E-state index in [0.717, 1.165) is 0 Å². The smallest absolute Gasteiger partial charge is 0.261 e. The van der Waals surface area contributed by atoms with E-state index in [9.17, 15) is 9.59 Å². The summed E-state index contributed by atoms with van der Waals surface area (Å²) in [6.45, 7) is 1.98. The first-order valence-electron chi connectivity index (χ1n) is 5.30. The van der Waals surface area contributed by atoms with Crippen molar-refractivity contribution >= 4 is 17.5 Å². The van der Waals surface area contributed by atoms with Gasteiger partial charge in [0.25, 0.3) is 11.8 Å². The van der Waals surface area contributed by atoms with E-state index < -0.39 is 0 Å². The van der Waals surface area contributed by atoms with E-state index in [1.165, 1.54) is 4.90 Å². The van der Waals surface area contributed by atoms with Crippen molar-refractivity contribution in [1.29, 1.82) is 0 Å². The molecule has 1 aliphatic heterocycles. The minimum absolute atomic E-state index is 0.215. The summed E-state index contributed by atoms with van der Waals surface area (Å²) in [4.78, 5) is 25.2. The Morgan fingerprint density at radius 3 is 2.24 bits per heavy atom. The molecule has 1 N–H and O–H groups in total. The highest BCUT2D eigenvalue weighted by Crippen LogP contribution is 2.21. The van der Waals surface area contributed by atoms with Crippen molar-refractivity contribution in [3.8, 4) is 0 Å². The molecule has 1 aliphatic rings. The SMILES string of the molecule is CN/N=C(\C)CN1C(=O)c2ccccc2C1=O. The monoisotopic (exact) mass is 231 g/mol. The van der Waals surface area contributed by atoms with Crippen molar-refractivity contribution in [3.63, 3.8) is 0 Å². The Morgan fingerprint density at radius 2 is 1.76 bits per heavy atom. The average Bonchev–Trinajstić information content (AvgIpc) is 2.56. The highest BCUT2D eigenvalue weighted by molar-refractivity contribution is 6.22. The van der Waals surface area contributed by atoms with Crippen LogP contribution < -0.4 is 5.43 Å². The zero-order valence-corrected chi connectivity index (χ0v) is 9.73. The van der Waals surface area contributed by atoms with Crippen LogP contribution in [-0.2, 0) is 0 Å². The van der Waals surface area contributed by atoms with Crippen LogP contribution in [0.4, 0.5) is 0 Å². The fourth-order valence-electron chi connectivity index (χ4n) is 1.84. The molecule has 0 saturated carbocycles. The van der Waals surface area contributed by atoms with Gasteiger partial charge >= 0.3 is 0 Å². The molecule has 5 heteroatoms. The van der Waals surface area contributed by atoms with Gasteiger partial charge in [-0.3, -0.25) is 14.5 Å². The molecular weight excluding hydrogens is 218 g/mol. The third-order valence-electron chi connectivity index (χ3n) is 2.57. The van der Waals surface area contributed by atoms with Crippen molar-refractivity contribution in [2.45, 2.75) is 6.92 Å². The predicted octanol–water partition coefficient (Wildman–Crippen LogP) is 0.878. The topological polar surface area (TPSA) is 61.8 Å². The van der Waals surface area contributed by atoms with Crippen LogP contribution in [0.15, 0.2) is 29.4 Å². The molecular formula is C12H13N3O2. The molecule has 0 bridgehead atoms. The molecule has 17 heavy (non-hydrogen) atoms. The maximum absolute atomic E-state index is 12.0. The number of fused-ring (bicyclic) bond motifs is 1. The van der Waals surface area contributed by atoms with Gasteiger partial charge in [-0.25, -0.2) is 0 Å². The number of hydrazone groups is 1. The maximum Gasteiger partial charge on any atom is 0.261 e. The molecule has 0 radical (unpaired) electrons. The van der Waals surface area contributed by atoms with Crippen LogP contribution in [0.2, 0.25) is 0 Å². The molecule has 0 aliphatic carbocycles. The highest BCUT2D eigenvalue weighted by Gasteiger charge is 2.35. The van der Waals surface area contributed by atoms with E-state index in [4.69, 9.17) is 0 Å². The molecule has 2 rings (SSSR count). The molecule has 1 aromatic carbocycles. The summed E-state index contributed by atoms with van der Waals surface area (Å²) >= 11 is 0. The van der Waals surface area contributed by atoms with Crippen molar-refractivity contribution in [1.82, 2.24) is 10.3 Å². The number of benzene rings is 1. The highest BCUT2D eigenvalue weighted by atomic mass is 16.2. The Hall–Kier alpha value is -2.17. The summed E-state index contributed by atoms with van der Waals surface area (Å²) in [7, 11) is 1.67. The van der Waals surface area contributed by atoms with Gasteiger partial charge in [-0.2, -0.15) is 5.10 Å². The fourth-order valence-corrected chi connectivity index (χ4v) is 1.84. The van der Waals surface area contributed by atoms with Gasteiger partial charge in [-0.1, -0.05) is 12.1 Å². The van der Waals surface area contributed by atoms with Gasteiger partial charge in [0.15, 0.2) is 0 Å². The Morgan fingerprint density at radius 1 is 1.24 bits per heavy atom. The van der Waals surface area contributed by atoms with Gasteiger partial charge in [-0.15, -0.1) is 0 Å². The van der Waals surface area contributed by atoms with E-state index in [0.29, 0.717) is 16.8 Å². The lowest BCUT2D eigenvalue weighted by atomic mass is 10.1.